The number of nitrogens with one attached hydrogen (secondary N) is 1. The number of benzene rings is 1. The second-order valence-corrected chi connectivity index (χ2v) is 4.28. The van der Waals surface area contributed by atoms with Crippen molar-refractivity contribution in [3.63, 3.8) is 0 Å². The van der Waals surface area contributed by atoms with E-state index >= 15 is 0 Å². The molecule has 0 amide bonds. The van der Waals surface area contributed by atoms with E-state index in [-0.39, 0.29) is 5.69 Å². The van der Waals surface area contributed by atoms with E-state index in [9.17, 15) is 13.2 Å². The van der Waals surface area contributed by atoms with Crippen molar-refractivity contribution < 1.29 is 17.9 Å². The normalized spacial score (nSPS) is 10.9. The van der Waals surface area contributed by atoms with Gasteiger partial charge in [0.15, 0.2) is 11.6 Å². The first kappa shape index (κ1) is 14.9. The van der Waals surface area contributed by atoms with Crippen LogP contribution in [-0.2, 0) is 13.5 Å². The summed E-state index contributed by atoms with van der Waals surface area (Å²) in [5, 5.41) is 10.6. The van der Waals surface area contributed by atoms with E-state index in [0.29, 0.717) is 18.7 Å². The summed E-state index contributed by atoms with van der Waals surface area (Å²) in [7, 11) is 1.80. The predicted octanol–water partition coefficient (Wildman–Crippen LogP) is 1.79. The Bertz CT molecular complexity index is 617. The Balaban J connectivity index is 2.03. The van der Waals surface area contributed by atoms with Crippen molar-refractivity contribution in [1.82, 2.24) is 14.8 Å². The fraction of sp³-hybridized carbons (Fsp3) is 0.333. The molecule has 1 heterocycles. The zero-order chi connectivity index (χ0) is 15.4. The van der Waals surface area contributed by atoms with Gasteiger partial charge >= 0.3 is 6.61 Å². The number of anilines is 2. The van der Waals surface area contributed by atoms with Crippen molar-refractivity contribution in [2.75, 3.05) is 17.6 Å². The van der Waals surface area contributed by atoms with Crippen LogP contribution >= 0.6 is 0 Å². The fourth-order valence-electron chi connectivity index (χ4n) is 1.75. The van der Waals surface area contributed by atoms with Crippen LogP contribution in [0, 0.1) is 5.82 Å². The summed E-state index contributed by atoms with van der Waals surface area (Å²) in [6, 6.07) is 2.04. The maximum absolute atomic E-state index is 13.4. The molecule has 2 aromatic rings. The maximum Gasteiger partial charge on any atom is 0.387 e. The van der Waals surface area contributed by atoms with Crippen LogP contribution in [0.1, 0.15) is 5.82 Å². The molecule has 0 aliphatic carbocycles. The molecule has 2 rings (SSSR count). The lowest BCUT2D eigenvalue weighted by molar-refractivity contribution is -0.0521. The summed E-state index contributed by atoms with van der Waals surface area (Å²) in [5.74, 6) is -0.751. The van der Waals surface area contributed by atoms with Crippen molar-refractivity contribution in [3.05, 3.63) is 30.1 Å². The van der Waals surface area contributed by atoms with Gasteiger partial charge in [-0.2, -0.15) is 8.78 Å². The first-order chi connectivity index (χ1) is 9.97. The Hall–Kier alpha value is -2.45. The Morgan fingerprint density at radius 3 is 2.81 bits per heavy atom. The molecule has 9 heteroatoms. The Morgan fingerprint density at radius 1 is 1.43 bits per heavy atom. The molecular weight excluding hydrogens is 287 g/mol. The first-order valence-corrected chi connectivity index (χ1v) is 6.08. The van der Waals surface area contributed by atoms with Gasteiger partial charge in [-0.3, -0.25) is 0 Å². The first-order valence-electron chi connectivity index (χ1n) is 6.08. The average Bonchev–Trinajstić information content (AvgIpc) is 2.80. The molecular formula is C12H14F3N5O. The second-order valence-electron chi connectivity index (χ2n) is 4.28. The molecule has 6 nitrogen and oxygen atoms in total. The van der Waals surface area contributed by atoms with Crippen LogP contribution in [-0.4, -0.2) is 27.9 Å². The molecule has 0 atom stereocenters. The van der Waals surface area contributed by atoms with Gasteiger partial charge in [0.2, 0.25) is 0 Å². The third-order valence-electron chi connectivity index (χ3n) is 2.79. The number of alkyl halides is 2. The monoisotopic (exact) mass is 301 g/mol. The van der Waals surface area contributed by atoms with Gasteiger partial charge < -0.3 is 20.4 Å². The highest BCUT2D eigenvalue weighted by molar-refractivity contribution is 5.68. The Morgan fingerprint density at radius 2 is 2.19 bits per heavy atom. The quantitative estimate of drug-likeness (QED) is 0.795. The van der Waals surface area contributed by atoms with Crippen molar-refractivity contribution in [1.29, 1.82) is 0 Å². The van der Waals surface area contributed by atoms with Crippen molar-refractivity contribution in [2.45, 2.75) is 13.0 Å². The van der Waals surface area contributed by atoms with Crippen molar-refractivity contribution in [2.24, 2.45) is 7.05 Å². The molecule has 21 heavy (non-hydrogen) atoms. The number of ether oxygens (including phenoxy) is 1. The number of hydrogen-bond acceptors (Lipinski definition) is 5. The standard InChI is InChI=1S/C12H14F3N5O/c1-20-6-18-19-11(20)2-3-17-9-5-10(21-12(14)15)7(13)4-8(9)16/h4-6,12,17H,2-3,16H2,1H3. The fourth-order valence-corrected chi connectivity index (χ4v) is 1.75. The largest absolute Gasteiger partial charge is 0.432 e. The number of aromatic nitrogens is 3. The Labute approximate surface area is 118 Å². The maximum atomic E-state index is 13.4. The molecule has 3 N–H and O–H groups in total. The van der Waals surface area contributed by atoms with Gasteiger partial charge in [0.1, 0.15) is 12.2 Å². The van der Waals surface area contributed by atoms with E-state index in [2.05, 4.69) is 20.3 Å². The van der Waals surface area contributed by atoms with E-state index in [1.807, 2.05) is 0 Å². The second kappa shape index (κ2) is 6.33. The lowest BCUT2D eigenvalue weighted by atomic mass is 10.2. The predicted molar refractivity (Wildman–Crippen MR) is 70.6 cm³/mol. The van der Waals surface area contributed by atoms with E-state index in [4.69, 9.17) is 5.73 Å². The van der Waals surface area contributed by atoms with Crippen LogP contribution in [0.15, 0.2) is 18.5 Å². The lowest BCUT2D eigenvalue weighted by Gasteiger charge is -2.12. The summed E-state index contributed by atoms with van der Waals surface area (Å²) in [6.45, 7) is -2.68. The molecule has 0 fully saturated rings. The number of rotatable bonds is 6. The number of nitrogens with zero attached hydrogens (tertiary/aromatic N) is 3. The highest BCUT2D eigenvalue weighted by Gasteiger charge is 2.13. The number of hydrogen-bond donors (Lipinski definition) is 2. The average molecular weight is 301 g/mol. The molecule has 0 aliphatic rings. The molecule has 0 unspecified atom stereocenters. The van der Waals surface area contributed by atoms with Gasteiger partial charge in [-0.1, -0.05) is 0 Å². The number of halogens is 3. The Kier molecular flexibility index (Phi) is 4.51. The van der Waals surface area contributed by atoms with E-state index in [1.54, 1.807) is 17.9 Å². The van der Waals surface area contributed by atoms with E-state index < -0.39 is 18.2 Å². The van der Waals surface area contributed by atoms with E-state index in [0.717, 1.165) is 18.0 Å². The van der Waals surface area contributed by atoms with Crippen LogP contribution in [0.25, 0.3) is 0 Å². The summed E-state index contributed by atoms with van der Waals surface area (Å²) in [4.78, 5) is 0. The molecule has 0 radical (unpaired) electrons. The van der Waals surface area contributed by atoms with Crippen LogP contribution in [0.4, 0.5) is 24.5 Å². The number of aryl methyl sites for hydroxylation is 1. The van der Waals surface area contributed by atoms with Gasteiger partial charge in [-0.15, -0.1) is 10.2 Å². The third kappa shape index (κ3) is 3.77. The smallest absolute Gasteiger partial charge is 0.387 e. The van der Waals surface area contributed by atoms with Gasteiger partial charge in [0, 0.05) is 32.1 Å². The van der Waals surface area contributed by atoms with Gasteiger partial charge in [0.05, 0.1) is 11.4 Å². The minimum Gasteiger partial charge on any atom is -0.432 e. The molecule has 0 saturated carbocycles. The van der Waals surface area contributed by atoms with Crippen LogP contribution in [0.2, 0.25) is 0 Å². The summed E-state index contributed by atoms with van der Waals surface area (Å²) in [6.07, 6.45) is 2.11. The molecule has 0 bridgehead atoms. The third-order valence-corrected chi connectivity index (χ3v) is 2.79. The number of nitrogens with two attached hydrogens (primary N) is 1. The molecule has 1 aromatic heterocycles. The highest BCUT2D eigenvalue weighted by atomic mass is 19.3. The highest BCUT2D eigenvalue weighted by Crippen LogP contribution is 2.29. The minimum atomic E-state index is -3.10. The van der Waals surface area contributed by atoms with Crippen molar-refractivity contribution >= 4 is 11.4 Å². The molecule has 0 spiro atoms. The summed E-state index contributed by atoms with van der Waals surface area (Å²) < 4.78 is 43.5. The van der Waals surface area contributed by atoms with Gasteiger partial charge in [0.25, 0.3) is 0 Å². The van der Waals surface area contributed by atoms with E-state index in [1.165, 1.54) is 0 Å². The summed E-state index contributed by atoms with van der Waals surface area (Å²) in [5.41, 5.74) is 6.05. The molecule has 114 valence electrons. The minimum absolute atomic E-state index is 0.104. The molecule has 0 saturated heterocycles. The van der Waals surface area contributed by atoms with Gasteiger partial charge in [-0.05, 0) is 0 Å². The van der Waals surface area contributed by atoms with Crippen LogP contribution in [0.3, 0.4) is 0 Å². The molecule has 0 aliphatic heterocycles. The molecule has 1 aromatic carbocycles. The lowest BCUT2D eigenvalue weighted by Crippen LogP contribution is -2.11. The number of nitrogen functional groups attached to an aromatic ring is 1. The van der Waals surface area contributed by atoms with Gasteiger partial charge in [-0.25, -0.2) is 4.39 Å². The summed E-state index contributed by atoms with van der Waals surface area (Å²) >= 11 is 0. The van der Waals surface area contributed by atoms with Crippen molar-refractivity contribution in [3.8, 4) is 5.75 Å². The SMILES string of the molecule is Cn1cnnc1CCNc1cc(OC(F)F)c(F)cc1N. The van der Waals surface area contributed by atoms with Crippen LogP contribution in [0.5, 0.6) is 5.75 Å². The topological polar surface area (TPSA) is 78.0 Å². The zero-order valence-electron chi connectivity index (χ0n) is 11.2. The van der Waals surface area contributed by atoms with Crippen LogP contribution < -0.4 is 15.8 Å². The zero-order valence-corrected chi connectivity index (χ0v) is 11.2.